The lowest BCUT2D eigenvalue weighted by Gasteiger charge is -2.16. The van der Waals surface area contributed by atoms with Gasteiger partial charge in [0.15, 0.2) is 0 Å². The molecule has 0 heterocycles. The minimum atomic E-state index is -4.54. The average Bonchev–Trinajstić information content (AvgIpc) is 2.58. The van der Waals surface area contributed by atoms with E-state index in [9.17, 15) is 23.1 Å². The van der Waals surface area contributed by atoms with E-state index in [-0.39, 0.29) is 22.8 Å². The summed E-state index contributed by atoms with van der Waals surface area (Å²) >= 11 is 0.964. The van der Waals surface area contributed by atoms with Gasteiger partial charge in [0.25, 0.3) is 0 Å². The number of hydrogen-bond donors (Lipinski definition) is 1. The zero-order valence-corrected chi connectivity index (χ0v) is 16.1. The van der Waals surface area contributed by atoms with Crippen LogP contribution in [0.15, 0.2) is 17.0 Å². The van der Waals surface area contributed by atoms with Gasteiger partial charge in [-0.2, -0.15) is 13.2 Å². The summed E-state index contributed by atoms with van der Waals surface area (Å²) in [6.07, 6.45) is 5.68. The Balaban J connectivity index is 2.65. The summed E-state index contributed by atoms with van der Waals surface area (Å²) < 4.78 is 44.5. The molecule has 0 spiro atoms. The fourth-order valence-corrected chi connectivity index (χ4v) is 3.29. The fourth-order valence-electron chi connectivity index (χ4n) is 2.66. The maximum absolute atomic E-state index is 13.0. The highest BCUT2D eigenvalue weighted by Crippen LogP contribution is 2.38. The van der Waals surface area contributed by atoms with E-state index in [0.717, 1.165) is 43.2 Å². The molecule has 0 aliphatic carbocycles. The molecule has 7 heteroatoms. The van der Waals surface area contributed by atoms with E-state index >= 15 is 0 Å². The maximum Gasteiger partial charge on any atom is 0.416 e. The maximum atomic E-state index is 13.0. The number of benzene rings is 1. The monoisotopic (exact) mass is 392 g/mol. The Hall–Kier alpha value is -1.37. The molecular weight excluding hydrogens is 365 g/mol. The molecule has 1 N–H and O–H groups in total. The number of carboxylic acid groups (broad SMARTS) is 1. The van der Waals surface area contributed by atoms with Gasteiger partial charge in [0.2, 0.25) is 0 Å². The summed E-state index contributed by atoms with van der Waals surface area (Å²) in [5, 5.41) is 9.34. The van der Waals surface area contributed by atoms with Crippen molar-refractivity contribution < 1.29 is 27.8 Å². The first-order valence-electron chi connectivity index (χ1n) is 8.96. The van der Waals surface area contributed by atoms with Gasteiger partial charge in [0.05, 0.1) is 12.2 Å². The summed E-state index contributed by atoms with van der Waals surface area (Å²) in [6, 6.07) is 1.64. The van der Waals surface area contributed by atoms with E-state index in [2.05, 4.69) is 6.92 Å². The molecule has 0 aromatic heterocycles. The van der Waals surface area contributed by atoms with Crippen LogP contribution in [0, 0.1) is 0 Å². The number of thioether (sulfide) groups is 1. The summed E-state index contributed by atoms with van der Waals surface area (Å²) in [4.78, 5) is 11.5. The molecule has 3 nitrogen and oxygen atoms in total. The van der Waals surface area contributed by atoms with Crippen LogP contribution in [-0.4, -0.2) is 23.9 Å². The summed E-state index contributed by atoms with van der Waals surface area (Å²) in [5.74, 6) is -1.49. The fraction of sp³-hybridized carbons (Fsp3) is 0.632. The number of ether oxygens (including phenoxy) is 1. The normalized spacial score (nSPS) is 11.6. The third kappa shape index (κ3) is 7.48. The quantitative estimate of drug-likeness (QED) is 0.320. The highest BCUT2D eigenvalue weighted by molar-refractivity contribution is 7.98. The minimum Gasteiger partial charge on any atom is -0.493 e. The zero-order chi connectivity index (χ0) is 19.6. The SMILES string of the molecule is CCCCCCCCCCOc1cc(C(F)(F)F)cc(SC)c1C(=O)O. The van der Waals surface area contributed by atoms with Crippen LogP contribution < -0.4 is 4.74 Å². The Morgan fingerprint density at radius 2 is 1.65 bits per heavy atom. The number of alkyl halides is 3. The highest BCUT2D eigenvalue weighted by Gasteiger charge is 2.33. The van der Waals surface area contributed by atoms with Crippen LogP contribution in [0.3, 0.4) is 0 Å². The highest BCUT2D eigenvalue weighted by atomic mass is 32.2. The van der Waals surface area contributed by atoms with Gasteiger partial charge in [-0.05, 0) is 24.8 Å². The van der Waals surface area contributed by atoms with Gasteiger partial charge in [0.1, 0.15) is 11.3 Å². The van der Waals surface area contributed by atoms with Crippen molar-refractivity contribution in [2.75, 3.05) is 12.9 Å². The molecule has 0 unspecified atom stereocenters. The molecule has 0 saturated heterocycles. The lowest BCUT2D eigenvalue weighted by Crippen LogP contribution is -2.11. The minimum absolute atomic E-state index is 0.0539. The van der Waals surface area contributed by atoms with Crippen LogP contribution in [-0.2, 0) is 6.18 Å². The van der Waals surface area contributed by atoms with E-state index in [4.69, 9.17) is 4.74 Å². The molecular formula is C19H27F3O3S. The van der Waals surface area contributed by atoms with Gasteiger partial charge in [0, 0.05) is 4.90 Å². The van der Waals surface area contributed by atoms with Crippen LogP contribution in [0.1, 0.15) is 74.2 Å². The van der Waals surface area contributed by atoms with Crippen molar-refractivity contribution in [2.45, 2.75) is 69.4 Å². The van der Waals surface area contributed by atoms with E-state index < -0.39 is 17.7 Å². The first-order chi connectivity index (χ1) is 12.3. The predicted octanol–water partition coefficient (Wildman–Crippen LogP) is 6.65. The Morgan fingerprint density at radius 1 is 1.08 bits per heavy atom. The van der Waals surface area contributed by atoms with Gasteiger partial charge in [-0.15, -0.1) is 11.8 Å². The van der Waals surface area contributed by atoms with Gasteiger partial charge in [-0.1, -0.05) is 51.9 Å². The molecule has 0 amide bonds. The number of carbonyl (C=O) groups is 1. The summed E-state index contributed by atoms with van der Waals surface area (Å²) in [5.41, 5.74) is -1.09. The number of aromatic carboxylic acids is 1. The summed E-state index contributed by atoms with van der Waals surface area (Å²) in [6.45, 7) is 2.38. The molecule has 1 aromatic carbocycles. The van der Waals surface area contributed by atoms with Gasteiger partial charge < -0.3 is 9.84 Å². The second-order valence-corrected chi connectivity index (χ2v) is 7.03. The van der Waals surface area contributed by atoms with Crippen LogP contribution in [0.5, 0.6) is 5.75 Å². The molecule has 0 fully saturated rings. The van der Waals surface area contributed by atoms with Crippen molar-refractivity contribution in [1.29, 1.82) is 0 Å². The number of unbranched alkanes of at least 4 members (excludes halogenated alkanes) is 7. The molecule has 1 rings (SSSR count). The largest absolute Gasteiger partial charge is 0.493 e. The van der Waals surface area contributed by atoms with Gasteiger partial charge in [-0.25, -0.2) is 4.79 Å². The third-order valence-electron chi connectivity index (χ3n) is 4.08. The van der Waals surface area contributed by atoms with Crippen molar-refractivity contribution in [1.82, 2.24) is 0 Å². The Labute approximate surface area is 157 Å². The van der Waals surface area contributed by atoms with E-state index in [0.29, 0.717) is 6.42 Å². The smallest absolute Gasteiger partial charge is 0.416 e. The van der Waals surface area contributed by atoms with Crippen molar-refractivity contribution in [3.63, 3.8) is 0 Å². The molecule has 0 aliphatic rings. The molecule has 0 radical (unpaired) electrons. The van der Waals surface area contributed by atoms with Crippen molar-refractivity contribution >= 4 is 17.7 Å². The first kappa shape index (κ1) is 22.7. The Kier molecular flexibility index (Phi) is 9.91. The summed E-state index contributed by atoms with van der Waals surface area (Å²) in [7, 11) is 0. The first-order valence-corrected chi connectivity index (χ1v) is 10.2. The second-order valence-electron chi connectivity index (χ2n) is 6.18. The Bertz CT molecular complexity index is 574. The zero-order valence-electron chi connectivity index (χ0n) is 15.3. The Morgan fingerprint density at radius 3 is 2.15 bits per heavy atom. The third-order valence-corrected chi connectivity index (χ3v) is 4.84. The van der Waals surface area contributed by atoms with E-state index in [1.165, 1.54) is 25.7 Å². The molecule has 0 aliphatic heterocycles. The predicted molar refractivity (Wildman–Crippen MR) is 98.3 cm³/mol. The molecule has 26 heavy (non-hydrogen) atoms. The number of hydrogen-bond acceptors (Lipinski definition) is 3. The molecule has 0 atom stereocenters. The van der Waals surface area contributed by atoms with E-state index in [1.54, 1.807) is 6.26 Å². The number of halogens is 3. The number of rotatable bonds is 12. The van der Waals surface area contributed by atoms with Crippen LogP contribution in [0.25, 0.3) is 0 Å². The van der Waals surface area contributed by atoms with Crippen molar-refractivity contribution in [3.8, 4) is 5.75 Å². The van der Waals surface area contributed by atoms with Crippen LogP contribution >= 0.6 is 11.8 Å². The standard InChI is InChI=1S/C19H27F3O3S/c1-3-4-5-6-7-8-9-10-11-25-15-12-14(19(20,21)22)13-16(26-2)17(15)18(23)24/h12-13H,3-11H2,1-2H3,(H,23,24). The average molecular weight is 392 g/mol. The lowest BCUT2D eigenvalue weighted by molar-refractivity contribution is -0.137. The lowest BCUT2D eigenvalue weighted by atomic mass is 10.1. The number of carboxylic acids is 1. The second kappa shape index (κ2) is 11.4. The molecule has 148 valence electrons. The van der Waals surface area contributed by atoms with Crippen molar-refractivity contribution in [3.05, 3.63) is 23.3 Å². The van der Waals surface area contributed by atoms with Crippen molar-refractivity contribution in [2.24, 2.45) is 0 Å². The topological polar surface area (TPSA) is 46.5 Å². The van der Waals surface area contributed by atoms with Crippen LogP contribution in [0.2, 0.25) is 0 Å². The van der Waals surface area contributed by atoms with Gasteiger partial charge >= 0.3 is 12.1 Å². The molecule has 0 saturated carbocycles. The molecule has 1 aromatic rings. The van der Waals surface area contributed by atoms with Gasteiger partial charge in [-0.3, -0.25) is 0 Å². The molecule has 0 bridgehead atoms. The van der Waals surface area contributed by atoms with Crippen LogP contribution in [0.4, 0.5) is 13.2 Å². The van der Waals surface area contributed by atoms with E-state index in [1.807, 2.05) is 0 Å².